The molecule has 1 aromatic carbocycles. The zero-order valence-corrected chi connectivity index (χ0v) is 20.4. The van der Waals surface area contributed by atoms with Gasteiger partial charge in [0.15, 0.2) is 6.61 Å². The third-order valence-electron chi connectivity index (χ3n) is 5.25. The van der Waals surface area contributed by atoms with Crippen LogP contribution in [0.1, 0.15) is 25.8 Å². The number of ether oxygens (including phenoxy) is 1. The molecule has 1 aliphatic rings. The standard InChI is InChI=1S/C21H23N3O12S/c1-3-23(4-2)13-5-6-14-12(7-18(26)35-15(14)8-13)10-33-21(29)22-34-11-19(27)36-24-17(25)9-16(20(24)28)37(30,31)32/h5-8,16H,3-4,9-11H2,1-2H3,(H,22,29)(H,30,31,32)/p-1. The van der Waals surface area contributed by atoms with Gasteiger partial charge in [-0.05, 0) is 26.0 Å². The van der Waals surface area contributed by atoms with Gasteiger partial charge in [0.1, 0.15) is 27.6 Å². The molecule has 1 aliphatic heterocycles. The number of fused-ring (bicyclic) bond motifs is 1. The maximum Gasteiger partial charge on any atom is 0.431 e. The van der Waals surface area contributed by atoms with Gasteiger partial charge in [0.05, 0.1) is 6.42 Å². The summed E-state index contributed by atoms with van der Waals surface area (Å²) in [7, 11) is -5.12. The smallest absolute Gasteiger partial charge is 0.431 e. The normalized spacial score (nSPS) is 15.6. The fourth-order valence-corrected chi connectivity index (χ4v) is 4.17. The third kappa shape index (κ3) is 6.60. The fourth-order valence-electron chi connectivity index (χ4n) is 3.48. The molecule has 15 nitrogen and oxygen atoms in total. The largest absolute Gasteiger partial charge is 0.747 e. The highest BCUT2D eigenvalue weighted by molar-refractivity contribution is 7.87. The summed E-state index contributed by atoms with van der Waals surface area (Å²) >= 11 is 0. The second kappa shape index (κ2) is 11.4. The predicted molar refractivity (Wildman–Crippen MR) is 121 cm³/mol. The summed E-state index contributed by atoms with van der Waals surface area (Å²) in [6.45, 7) is 4.10. The van der Waals surface area contributed by atoms with Crippen LogP contribution in [0.5, 0.6) is 0 Å². The summed E-state index contributed by atoms with van der Waals surface area (Å²) in [5.74, 6) is -4.08. The van der Waals surface area contributed by atoms with Crippen molar-refractivity contribution in [2.24, 2.45) is 0 Å². The maximum absolute atomic E-state index is 12.0. The number of anilines is 1. The predicted octanol–water partition coefficient (Wildman–Crippen LogP) is -0.0721. The second-order valence-corrected chi connectivity index (χ2v) is 9.14. The molecule has 2 heterocycles. The summed E-state index contributed by atoms with van der Waals surface area (Å²) in [5.41, 5.74) is 2.60. The van der Waals surface area contributed by atoms with Gasteiger partial charge in [-0.15, -0.1) is 5.06 Å². The van der Waals surface area contributed by atoms with Crippen LogP contribution >= 0.6 is 0 Å². The number of amides is 3. The second-order valence-electron chi connectivity index (χ2n) is 7.59. The zero-order chi connectivity index (χ0) is 27.3. The lowest BCUT2D eigenvalue weighted by Gasteiger charge is -2.21. The Kier molecular flexibility index (Phi) is 8.46. The van der Waals surface area contributed by atoms with E-state index in [0.717, 1.165) is 24.8 Å². The molecule has 37 heavy (non-hydrogen) atoms. The Bertz CT molecular complexity index is 1380. The van der Waals surface area contributed by atoms with Crippen molar-refractivity contribution in [3.8, 4) is 0 Å². The van der Waals surface area contributed by atoms with Gasteiger partial charge >= 0.3 is 17.7 Å². The van der Waals surface area contributed by atoms with Crippen LogP contribution in [-0.2, 0) is 45.5 Å². The molecule has 0 radical (unpaired) electrons. The molecule has 1 fully saturated rings. The first-order valence-electron chi connectivity index (χ1n) is 10.8. The number of hydrogen-bond acceptors (Lipinski definition) is 13. The van der Waals surface area contributed by atoms with E-state index in [-0.39, 0.29) is 11.7 Å². The molecule has 1 aromatic heterocycles. The number of carbonyl (C=O) groups excluding carboxylic acids is 4. The van der Waals surface area contributed by atoms with Crippen LogP contribution in [0.2, 0.25) is 0 Å². The highest BCUT2D eigenvalue weighted by Crippen LogP contribution is 2.24. The van der Waals surface area contributed by atoms with Crippen LogP contribution < -0.4 is 16.0 Å². The number of carbonyl (C=O) groups is 4. The molecule has 200 valence electrons. The van der Waals surface area contributed by atoms with Crippen LogP contribution in [0.3, 0.4) is 0 Å². The van der Waals surface area contributed by atoms with E-state index in [2.05, 4.69) is 14.6 Å². The van der Waals surface area contributed by atoms with E-state index >= 15 is 0 Å². The van der Waals surface area contributed by atoms with Crippen molar-refractivity contribution in [1.29, 1.82) is 0 Å². The van der Waals surface area contributed by atoms with Gasteiger partial charge in [0, 0.05) is 41.9 Å². The molecule has 0 spiro atoms. The monoisotopic (exact) mass is 540 g/mol. The van der Waals surface area contributed by atoms with E-state index < -0.39 is 57.9 Å². The topological polar surface area (TPSA) is 202 Å². The molecule has 1 N–H and O–H groups in total. The van der Waals surface area contributed by atoms with E-state index in [9.17, 15) is 36.9 Å². The number of hydroxylamine groups is 3. The summed E-state index contributed by atoms with van der Waals surface area (Å²) in [5, 5.41) is -1.81. The highest BCUT2D eigenvalue weighted by Gasteiger charge is 2.45. The minimum absolute atomic E-state index is 0.151. The third-order valence-corrected chi connectivity index (χ3v) is 6.32. The maximum atomic E-state index is 12.0. The van der Waals surface area contributed by atoms with Gasteiger partial charge in [-0.25, -0.2) is 22.8 Å². The highest BCUT2D eigenvalue weighted by atomic mass is 32.2. The first-order chi connectivity index (χ1) is 17.4. The van der Waals surface area contributed by atoms with Crippen molar-refractivity contribution in [2.75, 3.05) is 24.6 Å². The Morgan fingerprint density at radius 1 is 1.19 bits per heavy atom. The van der Waals surface area contributed by atoms with E-state index in [0.29, 0.717) is 16.5 Å². The molecular weight excluding hydrogens is 518 g/mol. The summed E-state index contributed by atoms with van der Waals surface area (Å²) in [4.78, 5) is 70.1. The Morgan fingerprint density at radius 3 is 2.51 bits per heavy atom. The minimum Gasteiger partial charge on any atom is -0.747 e. The molecule has 0 bridgehead atoms. The Hall–Kier alpha value is -4.02. The van der Waals surface area contributed by atoms with Gasteiger partial charge in [0.2, 0.25) is 0 Å². The van der Waals surface area contributed by atoms with Crippen molar-refractivity contribution in [1.82, 2.24) is 10.5 Å². The van der Waals surface area contributed by atoms with E-state index in [4.69, 9.17) is 9.15 Å². The number of benzene rings is 1. The molecule has 1 saturated heterocycles. The quantitative estimate of drug-likeness (QED) is 0.182. The van der Waals surface area contributed by atoms with E-state index in [1.165, 1.54) is 0 Å². The van der Waals surface area contributed by atoms with Crippen molar-refractivity contribution in [3.63, 3.8) is 0 Å². The summed E-state index contributed by atoms with van der Waals surface area (Å²) in [6, 6.07) is 6.41. The number of rotatable bonds is 10. The Balaban J connectivity index is 1.52. The first kappa shape index (κ1) is 27.6. The lowest BCUT2D eigenvalue weighted by atomic mass is 10.1. The molecule has 2 aromatic rings. The molecule has 0 saturated carbocycles. The van der Waals surface area contributed by atoms with Gasteiger partial charge in [-0.1, -0.05) is 0 Å². The van der Waals surface area contributed by atoms with Gasteiger partial charge in [-0.2, -0.15) is 5.48 Å². The molecule has 3 rings (SSSR count). The molecule has 0 aliphatic carbocycles. The number of hydrogen-bond donors (Lipinski definition) is 1. The van der Waals surface area contributed by atoms with Gasteiger partial charge < -0.3 is 23.4 Å². The molecule has 16 heteroatoms. The molecular formula is C21H22N3O12S-. The Morgan fingerprint density at radius 2 is 1.89 bits per heavy atom. The SMILES string of the molecule is CCN(CC)c1ccc2c(COC(=O)NOCC(=O)ON3C(=O)CC(S(=O)(=O)[O-])C3=O)cc(=O)oc2c1. The van der Waals surface area contributed by atoms with Crippen molar-refractivity contribution in [3.05, 3.63) is 40.2 Å². The number of nitrogens with zero attached hydrogens (tertiary/aromatic N) is 2. The van der Waals surface area contributed by atoms with E-state index in [1.807, 2.05) is 19.9 Å². The van der Waals surface area contributed by atoms with Crippen LogP contribution in [0.4, 0.5) is 10.5 Å². The summed E-state index contributed by atoms with van der Waals surface area (Å²) < 4.78 is 43.2. The number of nitrogens with one attached hydrogen (secondary N) is 1. The summed E-state index contributed by atoms with van der Waals surface area (Å²) in [6.07, 6.45) is -2.12. The van der Waals surface area contributed by atoms with Crippen LogP contribution in [-0.4, -0.2) is 66.9 Å². The Labute approximate surface area is 209 Å². The average Bonchev–Trinajstić information content (AvgIpc) is 3.11. The molecule has 1 unspecified atom stereocenters. The van der Waals surface area contributed by atoms with Crippen molar-refractivity contribution < 1.29 is 51.0 Å². The first-order valence-corrected chi connectivity index (χ1v) is 12.3. The van der Waals surface area contributed by atoms with Gasteiger partial charge in [0.25, 0.3) is 11.8 Å². The van der Waals surface area contributed by atoms with Crippen LogP contribution in [0.25, 0.3) is 11.0 Å². The lowest BCUT2D eigenvalue weighted by Crippen LogP contribution is -2.38. The van der Waals surface area contributed by atoms with E-state index in [1.54, 1.807) is 17.6 Å². The average molecular weight is 540 g/mol. The fraction of sp³-hybridized carbons (Fsp3) is 0.381. The van der Waals surface area contributed by atoms with Gasteiger partial charge in [-0.3, -0.25) is 14.4 Å². The van der Waals surface area contributed by atoms with Crippen LogP contribution in [0.15, 0.2) is 33.5 Å². The zero-order valence-electron chi connectivity index (χ0n) is 19.6. The molecule has 1 atom stereocenters. The van der Waals surface area contributed by atoms with Crippen molar-refractivity contribution in [2.45, 2.75) is 32.1 Å². The van der Waals surface area contributed by atoms with Crippen molar-refractivity contribution >= 4 is 50.7 Å². The minimum atomic E-state index is -5.12. The van der Waals surface area contributed by atoms with Crippen LogP contribution in [0, 0.1) is 0 Å². The molecule has 3 amide bonds. The lowest BCUT2D eigenvalue weighted by molar-refractivity contribution is -0.201. The number of imide groups is 1.